The fraction of sp³-hybridized carbons (Fsp3) is 0.400. The van der Waals surface area contributed by atoms with Crippen LogP contribution in [0.15, 0.2) is 24.5 Å². The predicted octanol–water partition coefficient (Wildman–Crippen LogP) is -1.68. The number of primary amides is 1. The summed E-state index contributed by atoms with van der Waals surface area (Å²) < 4.78 is 6.72. The molecule has 1 fully saturated rings. The summed E-state index contributed by atoms with van der Waals surface area (Å²) in [6, 6.07) is 3.19. The highest BCUT2D eigenvalue weighted by Gasteiger charge is 2.41. The Morgan fingerprint density at radius 1 is 1.56 bits per heavy atom. The van der Waals surface area contributed by atoms with Gasteiger partial charge in [0.15, 0.2) is 18.5 Å². The minimum Gasteiger partial charge on any atom is -0.388 e. The number of pyridine rings is 1. The number of ether oxygens (including phenoxy) is 1. The topological polar surface area (TPSA) is 96.7 Å². The molecule has 1 aliphatic rings. The summed E-state index contributed by atoms with van der Waals surface area (Å²) in [5, 5.41) is 19.0. The van der Waals surface area contributed by atoms with Gasteiger partial charge in [0.1, 0.15) is 11.7 Å². The summed E-state index contributed by atoms with van der Waals surface area (Å²) in [6.07, 6.45) is 0.518. The van der Waals surface area contributed by atoms with Crippen LogP contribution in [0.4, 0.5) is 0 Å². The van der Waals surface area contributed by atoms with Crippen molar-refractivity contribution in [3.63, 3.8) is 0 Å². The van der Waals surface area contributed by atoms with E-state index in [1.165, 1.54) is 10.8 Å². The molecular formula is C10H13N2O4+. The van der Waals surface area contributed by atoms with Gasteiger partial charge in [0.05, 0.1) is 6.61 Å². The number of carbonyl (C=O) groups excluding carboxylic acids is 1. The van der Waals surface area contributed by atoms with Gasteiger partial charge in [-0.2, -0.15) is 4.57 Å². The quantitative estimate of drug-likeness (QED) is 0.524. The van der Waals surface area contributed by atoms with E-state index in [4.69, 9.17) is 10.5 Å². The van der Waals surface area contributed by atoms with Gasteiger partial charge in [-0.25, -0.2) is 0 Å². The summed E-state index contributed by atoms with van der Waals surface area (Å²) >= 11 is 0. The molecule has 0 saturated carbocycles. The van der Waals surface area contributed by atoms with E-state index in [1.807, 2.05) is 0 Å². The third-order valence-electron chi connectivity index (χ3n) is 2.52. The summed E-state index contributed by atoms with van der Waals surface area (Å²) in [4.78, 5) is 11.0. The molecular weight excluding hydrogens is 212 g/mol. The summed E-state index contributed by atoms with van der Waals surface area (Å²) in [7, 11) is 0. The van der Waals surface area contributed by atoms with Crippen LogP contribution in [0.5, 0.6) is 0 Å². The minimum atomic E-state index is -1.01. The first-order valence-electron chi connectivity index (χ1n) is 4.88. The first kappa shape index (κ1) is 11.0. The average molecular weight is 225 g/mol. The number of aliphatic hydroxyl groups is 2. The summed E-state index contributed by atoms with van der Waals surface area (Å²) in [6.45, 7) is 0.0691. The van der Waals surface area contributed by atoms with E-state index in [0.29, 0.717) is 5.56 Å². The highest BCUT2D eigenvalue weighted by molar-refractivity contribution is 5.92. The van der Waals surface area contributed by atoms with Crippen molar-refractivity contribution in [2.75, 3.05) is 6.61 Å². The Morgan fingerprint density at radius 2 is 2.31 bits per heavy atom. The highest BCUT2D eigenvalue weighted by Crippen LogP contribution is 2.18. The first-order valence-corrected chi connectivity index (χ1v) is 4.88. The maximum absolute atomic E-state index is 11.0. The number of nitrogens with two attached hydrogens (primary N) is 1. The Bertz CT molecular complexity index is 410. The lowest BCUT2D eigenvalue weighted by atomic mass is 10.2. The van der Waals surface area contributed by atoms with Gasteiger partial charge in [-0.3, -0.25) is 4.79 Å². The van der Waals surface area contributed by atoms with Gasteiger partial charge < -0.3 is 20.7 Å². The smallest absolute Gasteiger partial charge is 0.291 e. The molecule has 0 radical (unpaired) electrons. The van der Waals surface area contributed by atoms with Crippen molar-refractivity contribution >= 4 is 5.91 Å². The molecule has 86 valence electrons. The van der Waals surface area contributed by atoms with Crippen LogP contribution in [0.3, 0.4) is 0 Å². The molecule has 1 aromatic heterocycles. The molecule has 0 aliphatic carbocycles. The van der Waals surface area contributed by atoms with Gasteiger partial charge >= 0.3 is 0 Å². The molecule has 1 aliphatic heterocycles. The molecule has 0 aromatic carbocycles. The molecule has 4 N–H and O–H groups in total. The SMILES string of the molecule is NC(=O)c1ccc[n+]([C@@H]2OC[C@H](O)[C@H]2O)c1. The largest absolute Gasteiger partial charge is 0.388 e. The van der Waals surface area contributed by atoms with Crippen molar-refractivity contribution in [2.45, 2.75) is 18.4 Å². The summed E-state index contributed by atoms with van der Waals surface area (Å²) in [5.74, 6) is -0.553. The van der Waals surface area contributed by atoms with E-state index in [9.17, 15) is 15.0 Å². The van der Waals surface area contributed by atoms with Crippen molar-refractivity contribution in [3.8, 4) is 0 Å². The minimum absolute atomic E-state index is 0.0691. The van der Waals surface area contributed by atoms with E-state index in [-0.39, 0.29) is 6.61 Å². The molecule has 0 spiro atoms. The highest BCUT2D eigenvalue weighted by atomic mass is 16.5. The van der Waals surface area contributed by atoms with E-state index < -0.39 is 24.3 Å². The molecule has 16 heavy (non-hydrogen) atoms. The fourth-order valence-electron chi connectivity index (χ4n) is 1.64. The lowest BCUT2D eigenvalue weighted by Gasteiger charge is -2.09. The number of hydrogen-bond donors (Lipinski definition) is 3. The number of rotatable bonds is 2. The first-order chi connectivity index (χ1) is 7.59. The molecule has 2 heterocycles. The fourth-order valence-corrected chi connectivity index (χ4v) is 1.64. The van der Waals surface area contributed by atoms with Crippen LogP contribution in [-0.4, -0.2) is 34.9 Å². The standard InChI is InChI=1S/C10H12N2O4/c11-9(15)6-2-1-3-12(4-6)10-8(14)7(13)5-16-10/h1-4,7-8,10,13-14H,5H2,(H-,11,15)/p+1/t7-,8+,10+/m0/s1. The average Bonchev–Trinajstić information content (AvgIpc) is 2.60. The van der Waals surface area contributed by atoms with E-state index >= 15 is 0 Å². The molecule has 6 heteroatoms. The van der Waals surface area contributed by atoms with Crippen LogP contribution >= 0.6 is 0 Å². The second-order valence-electron chi connectivity index (χ2n) is 3.69. The van der Waals surface area contributed by atoms with Crippen LogP contribution in [0.1, 0.15) is 16.6 Å². The van der Waals surface area contributed by atoms with Crippen molar-refractivity contribution in [2.24, 2.45) is 5.73 Å². The predicted molar refractivity (Wildman–Crippen MR) is 52.2 cm³/mol. The van der Waals surface area contributed by atoms with Crippen molar-refractivity contribution in [1.29, 1.82) is 0 Å². The van der Waals surface area contributed by atoms with Gasteiger partial charge in [-0.15, -0.1) is 0 Å². The third kappa shape index (κ3) is 1.90. The Kier molecular flexibility index (Phi) is 2.86. The Balaban J connectivity index is 2.27. The van der Waals surface area contributed by atoms with Crippen LogP contribution in [-0.2, 0) is 4.74 Å². The molecule has 1 aromatic rings. The van der Waals surface area contributed by atoms with Crippen LogP contribution in [0.2, 0.25) is 0 Å². The van der Waals surface area contributed by atoms with Crippen molar-refractivity contribution in [3.05, 3.63) is 30.1 Å². The number of aromatic nitrogens is 1. The van der Waals surface area contributed by atoms with E-state index in [0.717, 1.165) is 0 Å². The number of carbonyl (C=O) groups is 1. The molecule has 0 unspecified atom stereocenters. The number of aliphatic hydroxyl groups excluding tert-OH is 2. The van der Waals surface area contributed by atoms with E-state index in [1.54, 1.807) is 18.3 Å². The van der Waals surface area contributed by atoms with Gasteiger partial charge in [0.25, 0.3) is 12.1 Å². The second-order valence-corrected chi connectivity index (χ2v) is 3.69. The molecule has 3 atom stereocenters. The normalized spacial score (nSPS) is 29.2. The lowest BCUT2D eigenvalue weighted by Crippen LogP contribution is -2.46. The van der Waals surface area contributed by atoms with Gasteiger partial charge in [0.2, 0.25) is 0 Å². The Hall–Kier alpha value is -1.50. The molecule has 2 rings (SSSR count). The zero-order valence-electron chi connectivity index (χ0n) is 8.48. The van der Waals surface area contributed by atoms with Gasteiger partial charge in [-0.1, -0.05) is 0 Å². The van der Waals surface area contributed by atoms with Crippen LogP contribution < -0.4 is 10.3 Å². The van der Waals surface area contributed by atoms with Gasteiger partial charge in [0, 0.05) is 6.07 Å². The van der Waals surface area contributed by atoms with Gasteiger partial charge in [-0.05, 0) is 6.07 Å². The molecule has 6 nitrogen and oxygen atoms in total. The van der Waals surface area contributed by atoms with Crippen LogP contribution in [0, 0.1) is 0 Å². The second kappa shape index (κ2) is 4.17. The molecule has 1 saturated heterocycles. The summed E-state index contributed by atoms with van der Waals surface area (Å²) in [5.41, 5.74) is 5.46. The molecule has 1 amide bonds. The zero-order chi connectivity index (χ0) is 11.7. The molecule has 0 bridgehead atoms. The Morgan fingerprint density at radius 3 is 2.88 bits per heavy atom. The number of amides is 1. The third-order valence-corrected chi connectivity index (χ3v) is 2.52. The monoisotopic (exact) mass is 225 g/mol. The number of hydrogen-bond acceptors (Lipinski definition) is 4. The van der Waals surface area contributed by atoms with Crippen molar-refractivity contribution in [1.82, 2.24) is 0 Å². The van der Waals surface area contributed by atoms with E-state index in [2.05, 4.69) is 0 Å². The maximum Gasteiger partial charge on any atom is 0.291 e. The lowest BCUT2D eigenvalue weighted by molar-refractivity contribution is -0.764. The zero-order valence-corrected chi connectivity index (χ0v) is 8.48. The Labute approximate surface area is 91.9 Å². The van der Waals surface area contributed by atoms with Crippen molar-refractivity contribution < 1.29 is 24.3 Å². The maximum atomic E-state index is 11.0. The van der Waals surface area contributed by atoms with Crippen LogP contribution in [0.25, 0.3) is 0 Å². The number of nitrogens with zero attached hydrogens (tertiary/aromatic N) is 1.